The van der Waals surface area contributed by atoms with Crippen molar-refractivity contribution in [3.8, 4) is 0 Å². The van der Waals surface area contributed by atoms with Crippen molar-refractivity contribution in [2.24, 2.45) is 0 Å². The molecule has 1 aliphatic carbocycles. The van der Waals surface area contributed by atoms with Crippen molar-refractivity contribution in [3.05, 3.63) is 30.1 Å². The number of nitrogens with zero attached hydrogens (tertiary/aromatic N) is 2. The fourth-order valence-electron chi connectivity index (χ4n) is 3.10. The molecule has 0 radical (unpaired) electrons. The Morgan fingerprint density at radius 2 is 1.91 bits per heavy atom. The van der Waals surface area contributed by atoms with Gasteiger partial charge in [-0.15, -0.1) is 0 Å². The number of rotatable bonds is 4. The van der Waals surface area contributed by atoms with Gasteiger partial charge in [-0.25, -0.2) is 9.97 Å². The molecule has 1 aliphatic rings. The van der Waals surface area contributed by atoms with Gasteiger partial charge < -0.3 is 5.32 Å². The Hall–Kier alpha value is -1.62. The topological polar surface area (TPSA) is 54.9 Å². The number of fused-ring (bicyclic) bond motifs is 1. The number of aryl methyl sites for hydroxylation is 1. The summed E-state index contributed by atoms with van der Waals surface area (Å²) in [5, 5.41) is 5.10. The molecule has 2 aromatic rings. The van der Waals surface area contributed by atoms with Crippen LogP contribution in [0.1, 0.15) is 44.3 Å². The summed E-state index contributed by atoms with van der Waals surface area (Å²) < 4.78 is 0. The minimum absolute atomic E-state index is 0.113. The Morgan fingerprint density at radius 3 is 2.70 bits per heavy atom. The van der Waals surface area contributed by atoms with Crippen LogP contribution in [0.15, 0.2) is 29.3 Å². The van der Waals surface area contributed by atoms with Crippen LogP contribution in [-0.2, 0) is 4.79 Å². The number of benzene rings is 1. The Labute approximate surface area is 141 Å². The quantitative estimate of drug-likeness (QED) is 0.525. The van der Waals surface area contributed by atoms with Gasteiger partial charge in [0, 0.05) is 11.4 Å². The Balaban J connectivity index is 1.62. The van der Waals surface area contributed by atoms with Crippen LogP contribution in [0.25, 0.3) is 10.9 Å². The summed E-state index contributed by atoms with van der Waals surface area (Å²) >= 11 is 1.50. The van der Waals surface area contributed by atoms with Crippen LogP contribution in [0.4, 0.5) is 0 Å². The second-order valence-electron chi connectivity index (χ2n) is 6.14. The van der Waals surface area contributed by atoms with Crippen LogP contribution in [-0.4, -0.2) is 27.7 Å². The third-order valence-electron chi connectivity index (χ3n) is 4.24. The maximum atomic E-state index is 12.2. The van der Waals surface area contributed by atoms with E-state index in [1.807, 2.05) is 31.2 Å². The lowest BCUT2D eigenvalue weighted by atomic mass is 10.1. The van der Waals surface area contributed by atoms with Gasteiger partial charge in [0.2, 0.25) is 5.91 Å². The molecule has 0 unspecified atom stereocenters. The standard InChI is InChI=1S/C18H23N3OS/c1-13-19-16-11-7-6-10-15(16)18(20-13)23-12-17(22)21-14-8-4-2-3-5-9-14/h6-7,10-11,14H,2-5,8-9,12H2,1H3,(H,21,22). The highest BCUT2D eigenvalue weighted by molar-refractivity contribution is 8.00. The van der Waals surface area contributed by atoms with Gasteiger partial charge in [0.15, 0.2) is 0 Å². The van der Waals surface area contributed by atoms with Gasteiger partial charge in [-0.2, -0.15) is 0 Å². The average molecular weight is 329 g/mol. The molecule has 1 aromatic heterocycles. The zero-order valence-electron chi connectivity index (χ0n) is 13.5. The molecular weight excluding hydrogens is 306 g/mol. The molecule has 1 heterocycles. The van der Waals surface area contributed by atoms with E-state index >= 15 is 0 Å². The minimum Gasteiger partial charge on any atom is -0.353 e. The van der Waals surface area contributed by atoms with E-state index in [-0.39, 0.29) is 5.91 Å². The SMILES string of the molecule is Cc1nc(SCC(=O)NC2CCCCCC2)c2ccccc2n1. The molecule has 122 valence electrons. The molecule has 3 rings (SSSR count). The predicted octanol–water partition coefficient (Wildman–Crippen LogP) is 3.87. The monoisotopic (exact) mass is 329 g/mol. The van der Waals surface area contributed by atoms with Crippen molar-refractivity contribution in [1.29, 1.82) is 0 Å². The molecule has 0 aliphatic heterocycles. The molecule has 1 amide bonds. The first-order chi connectivity index (χ1) is 11.2. The number of para-hydroxylation sites is 1. The number of carbonyl (C=O) groups is 1. The molecule has 1 fully saturated rings. The van der Waals surface area contributed by atoms with Crippen molar-refractivity contribution < 1.29 is 4.79 Å². The van der Waals surface area contributed by atoms with Gasteiger partial charge in [0.1, 0.15) is 10.9 Å². The lowest BCUT2D eigenvalue weighted by Gasteiger charge is -2.16. The summed E-state index contributed by atoms with van der Waals surface area (Å²) in [5.41, 5.74) is 0.937. The van der Waals surface area contributed by atoms with Crippen LogP contribution in [0.3, 0.4) is 0 Å². The number of hydrogen-bond donors (Lipinski definition) is 1. The number of amides is 1. The lowest BCUT2D eigenvalue weighted by molar-refractivity contribution is -0.119. The van der Waals surface area contributed by atoms with Crippen LogP contribution in [0.2, 0.25) is 0 Å². The molecule has 0 atom stereocenters. The summed E-state index contributed by atoms with van der Waals surface area (Å²) in [6.07, 6.45) is 7.29. The normalized spacial score (nSPS) is 16.2. The van der Waals surface area contributed by atoms with Crippen LogP contribution < -0.4 is 5.32 Å². The zero-order valence-corrected chi connectivity index (χ0v) is 14.4. The maximum absolute atomic E-state index is 12.2. The lowest BCUT2D eigenvalue weighted by Crippen LogP contribution is -2.35. The predicted molar refractivity (Wildman–Crippen MR) is 94.6 cm³/mol. The van der Waals surface area contributed by atoms with Crippen molar-refractivity contribution >= 4 is 28.6 Å². The first kappa shape index (κ1) is 16.2. The van der Waals surface area contributed by atoms with Crippen LogP contribution >= 0.6 is 11.8 Å². The van der Waals surface area contributed by atoms with Crippen LogP contribution in [0.5, 0.6) is 0 Å². The minimum atomic E-state index is 0.113. The highest BCUT2D eigenvalue weighted by atomic mass is 32.2. The Bertz CT molecular complexity index is 681. The number of carbonyl (C=O) groups excluding carboxylic acids is 1. The molecular formula is C18H23N3OS. The fourth-order valence-corrected chi connectivity index (χ4v) is 3.97. The van der Waals surface area contributed by atoms with E-state index in [0.717, 1.165) is 34.6 Å². The van der Waals surface area contributed by atoms with Crippen molar-refractivity contribution in [1.82, 2.24) is 15.3 Å². The third-order valence-corrected chi connectivity index (χ3v) is 5.23. The molecule has 5 heteroatoms. The first-order valence-corrected chi connectivity index (χ1v) is 9.36. The van der Waals surface area contributed by atoms with Crippen molar-refractivity contribution in [2.75, 3.05) is 5.75 Å². The second kappa shape index (κ2) is 7.77. The van der Waals surface area contributed by atoms with Gasteiger partial charge in [-0.1, -0.05) is 55.6 Å². The van der Waals surface area contributed by atoms with Gasteiger partial charge in [0.25, 0.3) is 0 Å². The van der Waals surface area contributed by atoms with Crippen molar-refractivity contribution in [3.63, 3.8) is 0 Å². The largest absolute Gasteiger partial charge is 0.353 e. The summed E-state index contributed by atoms with van der Waals surface area (Å²) in [6, 6.07) is 8.31. The number of aromatic nitrogens is 2. The first-order valence-electron chi connectivity index (χ1n) is 8.38. The Kier molecular flexibility index (Phi) is 5.49. The van der Waals surface area contributed by atoms with Gasteiger partial charge in [0.05, 0.1) is 11.3 Å². The smallest absolute Gasteiger partial charge is 0.230 e. The third kappa shape index (κ3) is 4.44. The molecule has 0 spiro atoms. The van der Waals surface area contributed by atoms with E-state index in [9.17, 15) is 4.79 Å². The van der Waals surface area contributed by atoms with Crippen LogP contribution in [0, 0.1) is 6.92 Å². The van der Waals surface area contributed by atoms with E-state index in [2.05, 4.69) is 15.3 Å². The van der Waals surface area contributed by atoms with E-state index in [1.54, 1.807) is 0 Å². The number of hydrogen-bond acceptors (Lipinski definition) is 4. The number of thioether (sulfide) groups is 1. The average Bonchev–Trinajstić information content (AvgIpc) is 2.81. The summed E-state index contributed by atoms with van der Waals surface area (Å²) in [4.78, 5) is 21.2. The molecule has 0 saturated heterocycles. The van der Waals surface area contributed by atoms with E-state index < -0.39 is 0 Å². The van der Waals surface area contributed by atoms with Crippen molar-refractivity contribution in [2.45, 2.75) is 56.5 Å². The van der Waals surface area contributed by atoms with E-state index in [0.29, 0.717) is 11.8 Å². The second-order valence-corrected chi connectivity index (χ2v) is 7.10. The molecule has 23 heavy (non-hydrogen) atoms. The Morgan fingerprint density at radius 1 is 1.17 bits per heavy atom. The van der Waals surface area contributed by atoms with Gasteiger partial charge in [-0.05, 0) is 25.8 Å². The molecule has 1 saturated carbocycles. The fraction of sp³-hybridized carbons (Fsp3) is 0.500. The summed E-state index contributed by atoms with van der Waals surface area (Å²) in [5.74, 6) is 1.27. The molecule has 4 nitrogen and oxygen atoms in total. The maximum Gasteiger partial charge on any atom is 0.230 e. The molecule has 1 aromatic carbocycles. The van der Waals surface area contributed by atoms with E-state index in [4.69, 9.17) is 0 Å². The highest BCUT2D eigenvalue weighted by Crippen LogP contribution is 2.25. The highest BCUT2D eigenvalue weighted by Gasteiger charge is 2.15. The molecule has 1 N–H and O–H groups in total. The van der Waals surface area contributed by atoms with Gasteiger partial charge in [-0.3, -0.25) is 4.79 Å². The zero-order chi connectivity index (χ0) is 16.1. The van der Waals surface area contributed by atoms with E-state index in [1.165, 1.54) is 37.4 Å². The number of nitrogens with one attached hydrogen (secondary N) is 1. The molecule has 0 bridgehead atoms. The summed E-state index contributed by atoms with van der Waals surface area (Å²) in [7, 11) is 0. The van der Waals surface area contributed by atoms with Gasteiger partial charge >= 0.3 is 0 Å². The summed E-state index contributed by atoms with van der Waals surface area (Å²) in [6.45, 7) is 1.89.